The maximum Gasteiger partial charge on any atom is 0.120 e. The summed E-state index contributed by atoms with van der Waals surface area (Å²) in [6.07, 6.45) is 2.32. The minimum atomic E-state index is -0.0619. The van der Waals surface area contributed by atoms with E-state index in [9.17, 15) is 5.11 Å². The third-order valence-corrected chi connectivity index (χ3v) is 3.20. The first-order valence-electron chi connectivity index (χ1n) is 4.84. The Morgan fingerprint density at radius 1 is 1.50 bits per heavy atom. The normalized spacial score (nSPS) is 18.2. The highest BCUT2D eigenvalue weighted by Gasteiger charge is 2.31. The van der Waals surface area contributed by atoms with Crippen LogP contribution in [-0.2, 0) is 0 Å². The van der Waals surface area contributed by atoms with Gasteiger partial charge < -0.3 is 10.8 Å². The number of hydrogen-bond donors (Lipinski definition) is 2. The van der Waals surface area contributed by atoms with Crippen LogP contribution in [0.25, 0.3) is 0 Å². The van der Waals surface area contributed by atoms with Gasteiger partial charge in [0.15, 0.2) is 0 Å². The van der Waals surface area contributed by atoms with Crippen LogP contribution in [0.2, 0.25) is 5.02 Å². The summed E-state index contributed by atoms with van der Waals surface area (Å²) in [6, 6.07) is 3.41. The maximum absolute atomic E-state index is 9.72. The van der Waals surface area contributed by atoms with Gasteiger partial charge in [-0.15, -0.1) is 0 Å². The Kier molecular flexibility index (Phi) is 2.41. The van der Waals surface area contributed by atoms with Crippen molar-refractivity contribution in [1.29, 1.82) is 0 Å². The van der Waals surface area contributed by atoms with Crippen LogP contribution >= 0.6 is 11.6 Å². The zero-order valence-electron chi connectivity index (χ0n) is 8.13. The first-order chi connectivity index (χ1) is 6.59. The molecule has 0 aliphatic heterocycles. The molecule has 1 atom stereocenters. The predicted octanol–water partition coefficient (Wildman–Crippen LogP) is 2.76. The minimum Gasteiger partial charge on any atom is -0.508 e. The lowest BCUT2D eigenvalue weighted by Gasteiger charge is -2.14. The van der Waals surface area contributed by atoms with Gasteiger partial charge in [0.25, 0.3) is 0 Å². The minimum absolute atomic E-state index is 0.0619. The molecule has 1 fully saturated rings. The third-order valence-electron chi connectivity index (χ3n) is 2.80. The molecule has 1 saturated carbocycles. The quantitative estimate of drug-likeness (QED) is 0.790. The lowest BCUT2D eigenvalue weighted by Crippen LogP contribution is -2.12. The number of phenolic OH excluding ortho intramolecular Hbond substituents is 1. The Morgan fingerprint density at radius 2 is 2.14 bits per heavy atom. The van der Waals surface area contributed by atoms with E-state index in [1.165, 1.54) is 0 Å². The molecule has 1 unspecified atom stereocenters. The van der Waals surface area contributed by atoms with Crippen molar-refractivity contribution < 1.29 is 5.11 Å². The monoisotopic (exact) mass is 211 g/mol. The van der Waals surface area contributed by atoms with E-state index in [1.54, 1.807) is 12.1 Å². The van der Waals surface area contributed by atoms with Gasteiger partial charge in [0.1, 0.15) is 5.75 Å². The largest absolute Gasteiger partial charge is 0.508 e. The van der Waals surface area contributed by atoms with Crippen molar-refractivity contribution in [2.45, 2.75) is 25.8 Å². The fourth-order valence-corrected chi connectivity index (χ4v) is 1.83. The van der Waals surface area contributed by atoms with E-state index < -0.39 is 0 Å². The summed E-state index contributed by atoms with van der Waals surface area (Å²) >= 11 is 5.99. The van der Waals surface area contributed by atoms with Crippen molar-refractivity contribution in [3.63, 3.8) is 0 Å². The zero-order valence-corrected chi connectivity index (χ0v) is 8.88. The highest BCUT2D eigenvalue weighted by Crippen LogP contribution is 2.42. The first kappa shape index (κ1) is 9.81. The molecule has 0 aromatic heterocycles. The molecule has 0 saturated heterocycles. The zero-order chi connectivity index (χ0) is 10.3. The molecule has 0 bridgehead atoms. The van der Waals surface area contributed by atoms with Crippen LogP contribution in [0, 0.1) is 12.8 Å². The Hall–Kier alpha value is -0.730. The van der Waals surface area contributed by atoms with Crippen LogP contribution in [0.15, 0.2) is 12.1 Å². The summed E-state index contributed by atoms with van der Waals surface area (Å²) in [5, 5.41) is 10.4. The van der Waals surface area contributed by atoms with Gasteiger partial charge >= 0.3 is 0 Å². The highest BCUT2D eigenvalue weighted by molar-refractivity contribution is 6.31. The van der Waals surface area contributed by atoms with Crippen molar-refractivity contribution in [3.05, 3.63) is 28.3 Å². The number of nitrogens with two attached hydrogens (primary N) is 1. The van der Waals surface area contributed by atoms with Crippen molar-refractivity contribution in [3.8, 4) is 5.75 Å². The number of phenols is 1. The number of hydrogen-bond acceptors (Lipinski definition) is 2. The van der Waals surface area contributed by atoms with Crippen molar-refractivity contribution in [2.24, 2.45) is 11.7 Å². The number of rotatable bonds is 2. The molecule has 0 radical (unpaired) electrons. The molecule has 2 nitrogen and oxygen atoms in total. The molecule has 1 aliphatic carbocycles. The van der Waals surface area contributed by atoms with Gasteiger partial charge in [0.2, 0.25) is 0 Å². The SMILES string of the molecule is Cc1cc(O)c(C(N)C2CC2)cc1Cl. The predicted molar refractivity (Wildman–Crippen MR) is 57.5 cm³/mol. The van der Waals surface area contributed by atoms with Gasteiger partial charge in [-0.1, -0.05) is 11.6 Å². The summed E-state index contributed by atoms with van der Waals surface area (Å²) < 4.78 is 0. The van der Waals surface area contributed by atoms with Gasteiger partial charge in [-0.05, 0) is 43.4 Å². The molecule has 14 heavy (non-hydrogen) atoms. The standard InChI is InChI=1S/C11H14ClNO/c1-6-4-10(14)8(5-9(6)12)11(13)7-2-3-7/h4-5,7,11,14H,2-3,13H2,1H3. The van der Waals surface area contributed by atoms with Crippen LogP contribution in [0.1, 0.15) is 30.0 Å². The second kappa shape index (κ2) is 3.44. The van der Waals surface area contributed by atoms with E-state index in [4.69, 9.17) is 17.3 Å². The second-order valence-corrected chi connectivity index (χ2v) is 4.43. The van der Waals surface area contributed by atoms with Crippen molar-refractivity contribution in [1.82, 2.24) is 0 Å². The number of benzene rings is 1. The molecular formula is C11H14ClNO. The molecule has 76 valence electrons. The molecule has 1 aromatic carbocycles. The highest BCUT2D eigenvalue weighted by atomic mass is 35.5. The molecule has 1 aliphatic rings. The molecule has 0 amide bonds. The van der Waals surface area contributed by atoms with Crippen LogP contribution in [0.5, 0.6) is 5.75 Å². The van der Waals surface area contributed by atoms with E-state index in [0.717, 1.165) is 24.0 Å². The summed E-state index contributed by atoms with van der Waals surface area (Å²) in [5.74, 6) is 0.797. The lowest BCUT2D eigenvalue weighted by molar-refractivity contribution is 0.456. The fourth-order valence-electron chi connectivity index (χ4n) is 1.66. The van der Waals surface area contributed by atoms with E-state index in [-0.39, 0.29) is 11.8 Å². The smallest absolute Gasteiger partial charge is 0.120 e. The van der Waals surface area contributed by atoms with E-state index in [0.29, 0.717) is 10.9 Å². The third kappa shape index (κ3) is 1.72. The molecule has 2 rings (SSSR count). The van der Waals surface area contributed by atoms with Gasteiger partial charge in [-0.2, -0.15) is 0 Å². The average molecular weight is 212 g/mol. The van der Waals surface area contributed by atoms with E-state index in [1.807, 2.05) is 6.92 Å². The molecule has 3 N–H and O–H groups in total. The van der Waals surface area contributed by atoms with Crippen LogP contribution < -0.4 is 5.73 Å². The molecule has 0 heterocycles. The average Bonchev–Trinajstić information content (AvgIpc) is 2.93. The lowest BCUT2D eigenvalue weighted by atomic mass is 10.0. The number of aryl methyl sites for hydroxylation is 1. The topological polar surface area (TPSA) is 46.2 Å². The second-order valence-electron chi connectivity index (χ2n) is 4.02. The summed E-state index contributed by atoms with van der Waals surface area (Å²) in [4.78, 5) is 0. The summed E-state index contributed by atoms with van der Waals surface area (Å²) in [6.45, 7) is 1.87. The maximum atomic E-state index is 9.72. The summed E-state index contributed by atoms with van der Waals surface area (Å²) in [5.41, 5.74) is 7.67. The molecular weight excluding hydrogens is 198 g/mol. The molecule has 3 heteroatoms. The fraction of sp³-hybridized carbons (Fsp3) is 0.455. The van der Waals surface area contributed by atoms with Crippen molar-refractivity contribution in [2.75, 3.05) is 0 Å². The van der Waals surface area contributed by atoms with Crippen LogP contribution in [0.4, 0.5) is 0 Å². The Labute approximate surface area is 88.7 Å². The first-order valence-corrected chi connectivity index (χ1v) is 5.22. The number of aromatic hydroxyl groups is 1. The molecule has 1 aromatic rings. The van der Waals surface area contributed by atoms with Crippen LogP contribution in [-0.4, -0.2) is 5.11 Å². The van der Waals surface area contributed by atoms with Gasteiger partial charge in [0.05, 0.1) is 0 Å². The van der Waals surface area contributed by atoms with Crippen LogP contribution in [0.3, 0.4) is 0 Å². The van der Waals surface area contributed by atoms with Gasteiger partial charge in [-0.3, -0.25) is 0 Å². The molecule has 0 spiro atoms. The Balaban J connectivity index is 2.36. The summed E-state index contributed by atoms with van der Waals surface area (Å²) in [7, 11) is 0. The van der Waals surface area contributed by atoms with E-state index in [2.05, 4.69) is 0 Å². The Bertz CT molecular complexity index is 361. The Morgan fingerprint density at radius 3 is 2.71 bits per heavy atom. The van der Waals surface area contributed by atoms with Gasteiger partial charge in [-0.25, -0.2) is 0 Å². The van der Waals surface area contributed by atoms with Crippen molar-refractivity contribution >= 4 is 11.6 Å². The number of halogens is 1. The van der Waals surface area contributed by atoms with Gasteiger partial charge in [0, 0.05) is 16.6 Å². The van der Waals surface area contributed by atoms with E-state index >= 15 is 0 Å².